The van der Waals surface area contributed by atoms with Crippen LogP contribution in [0, 0.1) is 0 Å². The van der Waals surface area contributed by atoms with E-state index in [0.717, 1.165) is 0 Å². The highest BCUT2D eigenvalue weighted by Crippen LogP contribution is 2.20. The van der Waals surface area contributed by atoms with Crippen LogP contribution in [0.2, 0.25) is 0 Å². The SMILES string of the molecule is CCOc1ccc(S(=O)(=O)Nc2ccc(C(=O)OCCOC)cc2)cc1. The number of rotatable bonds is 9. The zero-order chi connectivity index (χ0) is 19.0. The van der Waals surface area contributed by atoms with Gasteiger partial charge in [0.2, 0.25) is 0 Å². The van der Waals surface area contributed by atoms with E-state index in [1.807, 2.05) is 6.92 Å². The van der Waals surface area contributed by atoms with Crippen LogP contribution in [0.5, 0.6) is 5.75 Å². The highest BCUT2D eigenvalue weighted by atomic mass is 32.2. The molecule has 0 heterocycles. The van der Waals surface area contributed by atoms with Crippen LogP contribution in [-0.2, 0) is 19.5 Å². The van der Waals surface area contributed by atoms with Gasteiger partial charge >= 0.3 is 5.97 Å². The fourth-order valence-corrected chi connectivity index (χ4v) is 3.13. The maximum atomic E-state index is 12.4. The average molecular weight is 379 g/mol. The molecule has 0 amide bonds. The predicted octanol–water partition coefficient (Wildman–Crippen LogP) is 2.69. The number of methoxy groups -OCH3 is 1. The Kier molecular flexibility index (Phi) is 6.99. The number of hydrogen-bond donors (Lipinski definition) is 1. The number of hydrogen-bond acceptors (Lipinski definition) is 6. The van der Waals surface area contributed by atoms with Gasteiger partial charge in [-0.25, -0.2) is 13.2 Å². The molecule has 0 saturated carbocycles. The summed E-state index contributed by atoms with van der Waals surface area (Å²) in [6.45, 7) is 2.82. The lowest BCUT2D eigenvalue weighted by Crippen LogP contribution is -2.13. The van der Waals surface area contributed by atoms with Gasteiger partial charge < -0.3 is 14.2 Å². The van der Waals surface area contributed by atoms with Gasteiger partial charge in [-0.15, -0.1) is 0 Å². The lowest BCUT2D eigenvalue weighted by atomic mass is 10.2. The van der Waals surface area contributed by atoms with Crippen LogP contribution in [0.4, 0.5) is 5.69 Å². The lowest BCUT2D eigenvalue weighted by molar-refractivity contribution is 0.0388. The van der Waals surface area contributed by atoms with Crippen molar-refractivity contribution in [1.82, 2.24) is 0 Å². The van der Waals surface area contributed by atoms with Crippen molar-refractivity contribution in [2.75, 3.05) is 31.7 Å². The lowest BCUT2D eigenvalue weighted by Gasteiger charge is -2.10. The first kappa shape index (κ1) is 19.7. The molecule has 7 nitrogen and oxygen atoms in total. The van der Waals surface area contributed by atoms with Gasteiger partial charge in [-0.1, -0.05) is 0 Å². The van der Waals surface area contributed by atoms with Crippen LogP contribution in [0.1, 0.15) is 17.3 Å². The average Bonchev–Trinajstić information content (AvgIpc) is 2.63. The molecule has 0 spiro atoms. The summed E-state index contributed by atoms with van der Waals surface area (Å²) in [6.07, 6.45) is 0. The Balaban J connectivity index is 2.03. The van der Waals surface area contributed by atoms with E-state index in [1.165, 1.54) is 43.5 Å². The predicted molar refractivity (Wildman–Crippen MR) is 97.0 cm³/mol. The van der Waals surface area contributed by atoms with E-state index in [4.69, 9.17) is 14.2 Å². The molecule has 0 aliphatic heterocycles. The van der Waals surface area contributed by atoms with Gasteiger partial charge in [0.15, 0.2) is 0 Å². The summed E-state index contributed by atoms with van der Waals surface area (Å²) >= 11 is 0. The zero-order valence-electron chi connectivity index (χ0n) is 14.6. The minimum Gasteiger partial charge on any atom is -0.494 e. The third-order valence-corrected chi connectivity index (χ3v) is 4.74. The molecule has 0 bridgehead atoms. The van der Waals surface area contributed by atoms with E-state index < -0.39 is 16.0 Å². The van der Waals surface area contributed by atoms with Crippen molar-refractivity contribution in [3.05, 3.63) is 54.1 Å². The van der Waals surface area contributed by atoms with Crippen molar-refractivity contribution < 1.29 is 27.4 Å². The van der Waals surface area contributed by atoms with Crippen LogP contribution in [0.15, 0.2) is 53.4 Å². The van der Waals surface area contributed by atoms with Gasteiger partial charge in [-0.3, -0.25) is 4.72 Å². The molecule has 140 valence electrons. The fraction of sp³-hybridized carbons (Fsp3) is 0.278. The first-order chi connectivity index (χ1) is 12.5. The van der Waals surface area contributed by atoms with Gasteiger partial charge in [-0.2, -0.15) is 0 Å². The van der Waals surface area contributed by atoms with E-state index in [2.05, 4.69) is 4.72 Å². The van der Waals surface area contributed by atoms with Gasteiger partial charge in [-0.05, 0) is 55.5 Å². The van der Waals surface area contributed by atoms with Crippen LogP contribution >= 0.6 is 0 Å². The third kappa shape index (κ3) is 5.47. The molecule has 0 radical (unpaired) electrons. The molecule has 1 N–H and O–H groups in total. The molecule has 0 fully saturated rings. The summed E-state index contributed by atoms with van der Waals surface area (Å²) in [4.78, 5) is 11.9. The van der Waals surface area contributed by atoms with Crippen LogP contribution in [0.25, 0.3) is 0 Å². The largest absolute Gasteiger partial charge is 0.494 e. The van der Waals surface area contributed by atoms with Gasteiger partial charge in [0.05, 0.1) is 23.7 Å². The number of sulfonamides is 1. The maximum absolute atomic E-state index is 12.4. The minimum absolute atomic E-state index is 0.115. The second-order valence-electron chi connectivity index (χ2n) is 5.22. The zero-order valence-corrected chi connectivity index (χ0v) is 15.4. The van der Waals surface area contributed by atoms with Crippen molar-refractivity contribution >= 4 is 21.7 Å². The maximum Gasteiger partial charge on any atom is 0.338 e. The topological polar surface area (TPSA) is 90.9 Å². The summed E-state index contributed by atoms with van der Waals surface area (Å²) in [7, 11) is -2.22. The van der Waals surface area contributed by atoms with E-state index in [1.54, 1.807) is 12.1 Å². The van der Waals surface area contributed by atoms with E-state index in [0.29, 0.717) is 30.2 Å². The molecule has 0 aliphatic rings. The summed E-state index contributed by atoms with van der Waals surface area (Å²) < 4.78 is 42.4. The van der Waals surface area contributed by atoms with Crippen molar-refractivity contribution in [3.63, 3.8) is 0 Å². The first-order valence-electron chi connectivity index (χ1n) is 7.98. The normalized spacial score (nSPS) is 11.0. The summed E-state index contributed by atoms with van der Waals surface area (Å²) in [5.41, 5.74) is 0.664. The van der Waals surface area contributed by atoms with Crippen molar-refractivity contribution in [1.29, 1.82) is 0 Å². The highest BCUT2D eigenvalue weighted by molar-refractivity contribution is 7.92. The second kappa shape index (κ2) is 9.21. The summed E-state index contributed by atoms with van der Waals surface area (Å²) in [5, 5.41) is 0. The number of nitrogens with one attached hydrogen (secondary N) is 1. The Morgan fingerprint density at radius 1 is 1.00 bits per heavy atom. The Labute approximate surface area is 152 Å². The standard InChI is InChI=1S/C18H21NO6S/c1-3-24-16-8-10-17(11-9-16)26(21,22)19-15-6-4-14(5-7-15)18(20)25-13-12-23-2/h4-11,19H,3,12-13H2,1-2H3. The van der Waals surface area contributed by atoms with E-state index >= 15 is 0 Å². The molecule has 26 heavy (non-hydrogen) atoms. The molecular formula is C18H21NO6S. The summed E-state index contributed by atoms with van der Waals surface area (Å²) in [5.74, 6) is 0.103. The number of benzene rings is 2. The molecule has 0 aliphatic carbocycles. The van der Waals surface area contributed by atoms with E-state index in [9.17, 15) is 13.2 Å². The second-order valence-corrected chi connectivity index (χ2v) is 6.90. The minimum atomic E-state index is -3.73. The number of ether oxygens (including phenoxy) is 3. The Bertz CT molecular complexity index is 816. The molecule has 0 unspecified atom stereocenters. The third-order valence-electron chi connectivity index (χ3n) is 3.34. The highest BCUT2D eigenvalue weighted by Gasteiger charge is 2.15. The monoisotopic (exact) mass is 379 g/mol. The molecule has 0 aromatic heterocycles. The Morgan fingerprint density at radius 3 is 2.23 bits per heavy atom. The summed E-state index contributed by atoms with van der Waals surface area (Å²) in [6, 6.07) is 12.1. The van der Waals surface area contributed by atoms with Gasteiger partial charge in [0.25, 0.3) is 10.0 Å². The molecule has 0 atom stereocenters. The number of anilines is 1. The van der Waals surface area contributed by atoms with Gasteiger partial charge in [0.1, 0.15) is 12.4 Å². The van der Waals surface area contributed by atoms with Gasteiger partial charge in [0, 0.05) is 12.8 Å². The number of carbonyl (C=O) groups excluding carboxylic acids is 1. The van der Waals surface area contributed by atoms with E-state index in [-0.39, 0.29) is 11.5 Å². The molecule has 0 saturated heterocycles. The quantitative estimate of drug-likeness (QED) is 0.532. The van der Waals surface area contributed by atoms with Crippen molar-refractivity contribution in [2.24, 2.45) is 0 Å². The molecular weight excluding hydrogens is 358 g/mol. The Hall–Kier alpha value is -2.58. The molecule has 2 aromatic carbocycles. The van der Waals surface area contributed by atoms with Crippen LogP contribution in [-0.4, -0.2) is 41.3 Å². The van der Waals surface area contributed by atoms with Crippen molar-refractivity contribution in [2.45, 2.75) is 11.8 Å². The number of esters is 1. The van der Waals surface area contributed by atoms with Crippen LogP contribution in [0.3, 0.4) is 0 Å². The van der Waals surface area contributed by atoms with Crippen molar-refractivity contribution in [3.8, 4) is 5.75 Å². The fourth-order valence-electron chi connectivity index (χ4n) is 2.07. The van der Waals surface area contributed by atoms with Crippen LogP contribution < -0.4 is 9.46 Å². The smallest absolute Gasteiger partial charge is 0.338 e. The number of carbonyl (C=O) groups is 1. The Morgan fingerprint density at radius 2 is 1.65 bits per heavy atom. The molecule has 8 heteroatoms. The molecule has 2 rings (SSSR count). The first-order valence-corrected chi connectivity index (χ1v) is 9.46. The molecule has 2 aromatic rings.